The number of hydrogen-bond acceptors (Lipinski definition) is 4. The molecular formula is C43H34Cl2N2O4. The fourth-order valence-corrected chi connectivity index (χ4v) is 6.91. The third-order valence-corrected chi connectivity index (χ3v) is 9.62. The van der Waals surface area contributed by atoms with E-state index in [0.29, 0.717) is 32.9 Å². The third kappa shape index (κ3) is 6.81. The van der Waals surface area contributed by atoms with Crippen LogP contribution in [0.1, 0.15) is 36.1 Å². The van der Waals surface area contributed by atoms with Crippen LogP contribution in [0.5, 0.6) is 11.5 Å². The van der Waals surface area contributed by atoms with Crippen molar-refractivity contribution in [3.8, 4) is 22.6 Å². The van der Waals surface area contributed by atoms with E-state index in [1.165, 1.54) is 0 Å². The summed E-state index contributed by atoms with van der Waals surface area (Å²) < 4.78 is 11.7. The van der Waals surface area contributed by atoms with Gasteiger partial charge in [-0.15, -0.1) is 0 Å². The lowest BCUT2D eigenvalue weighted by Crippen LogP contribution is -2.31. The number of rotatable bonds is 10. The molecule has 6 nitrogen and oxygen atoms in total. The van der Waals surface area contributed by atoms with Crippen LogP contribution in [0.3, 0.4) is 0 Å². The Bertz CT molecular complexity index is 2030. The predicted octanol–water partition coefficient (Wildman–Crippen LogP) is 10.2. The van der Waals surface area contributed by atoms with Gasteiger partial charge in [0.25, 0.3) is 11.8 Å². The predicted molar refractivity (Wildman–Crippen MR) is 204 cm³/mol. The van der Waals surface area contributed by atoms with E-state index in [1.54, 1.807) is 62.4 Å². The van der Waals surface area contributed by atoms with Crippen molar-refractivity contribution < 1.29 is 19.1 Å². The van der Waals surface area contributed by atoms with Crippen molar-refractivity contribution in [2.45, 2.75) is 31.5 Å². The lowest BCUT2D eigenvalue weighted by atomic mass is 9.67. The van der Waals surface area contributed by atoms with Crippen LogP contribution < -0.4 is 20.1 Å². The normalized spacial score (nSPS) is 13.6. The first-order chi connectivity index (χ1) is 24.7. The number of amides is 2. The highest BCUT2D eigenvalue weighted by molar-refractivity contribution is 6.30. The summed E-state index contributed by atoms with van der Waals surface area (Å²) in [5, 5.41) is 7.17. The third-order valence-electron chi connectivity index (χ3n) is 9.11. The van der Waals surface area contributed by atoms with Gasteiger partial charge in [-0.3, -0.25) is 9.59 Å². The molecule has 254 valence electrons. The van der Waals surface area contributed by atoms with E-state index in [1.807, 2.05) is 24.3 Å². The minimum Gasteiger partial charge on any atom is -0.481 e. The van der Waals surface area contributed by atoms with Crippen molar-refractivity contribution in [2.24, 2.45) is 0 Å². The van der Waals surface area contributed by atoms with Gasteiger partial charge in [0.1, 0.15) is 11.5 Å². The fourth-order valence-electron chi connectivity index (χ4n) is 6.66. The molecule has 0 saturated heterocycles. The maximum Gasteiger partial charge on any atom is 0.265 e. The van der Waals surface area contributed by atoms with Crippen LogP contribution in [0.15, 0.2) is 146 Å². The molecule has 6 aromatic rings. The van der Waals surface area contributed by atoms with Gasteiger partial charge in [0, 0.05) is 21.4 Å². The Morgan fingerprint density at radius 3 is 1.24 bits per heavy atom. The summed E-state index contributed by atoms with van der Waals surface area (Å²) >= 11 is 12.0. The molecule has 0 radical (unpaired) electrons. The minimum atomic E-state index is -0.725. The van der Waals surface area contributed by atoms with Gasteiger partial charge in [0.05, 0.1) is 5.41 Å². The Labute approximate surface area is 307 Å². The second-order valence-corrected chi connectivity index (χ2v) is 13.3. The molecular weight excluding hydrogens is 679 g/mol. The summed E-state index contributed by atoms with van der Waals surface area (Å²) in [4.78, 5) is 26.2. The van der Waals surface area contributed by atoms with Crippen molar-refractivity contribution in [2.75, 3.05) is 10.6 Å². The SMILES string of the molecule is C[C@@H](Oc1ccc(Cl)cc1)C(=O)Nc1ccc(C2(c3ccc(NC(=O)[C@@H](C)Oc4ccc(Cl)cc4)cc3)c3ccccc3-c3ccccc32)cc1. The van der Waals surface area contributed by atoms with E-state index in [2.05, 4.69) is 83.4 Å². The van der Waals surface area contributed by atoms with Crippen LogP contribution in [0.4, 0.5) is 11.4 Å². The van der Waals surface area contributed by atoms with Gasteiger partial charge in [-0.25, -0.2) is 0 Å². The first-order valence-electron chi connectivity index (χ1n) is 16.6. The number of nitrogens with one attached hydrogen (secondary N) is 2. The summed E-state index contributed by atoms with van der Waals surface area (Å²) in [5.41, 5.74) is 7.32. The zero-order chi connectivity index (χ0) is 35.5. The molecule has 2 atom stereocenters. The van der Waals surface area contributed by atoms with E-state index < -0.39 is 17.6 Å². The molecule has 0 unspecified atom stereocenters. The van der Waals surface area contributed by atoms with Crippen LogP contribution in [0.2, 0.25) is 10.0 Å². The van der Waals surface area contributed by atoms with E-state index in [0.717, 1.165) is 33.4 Å². The van der Waals surface area contributed by atoms with Crippen molar-refractivity contribution in [1.82, 2.24) is 0 Å². The number of carbonyl (C=O) groups excluding carboxylic acids is 2. The van der Waals surface area contributed by atoms with Gasteiger partial charge < -0.3 is 20.1 Å². The van der Waals surface area contributed by atoms with Crippen molar-refractivity contribution in [3.63, 3.8) is 0 Å². The monoisotopic (exact) mass is 712 g/mol. The highest BCUT2D eigenvalue weighted by atomic mass is 35.5. The van der Waals surface area contributed by atoms with E-state index >= 15 is 0 Å². The smallest absolute Gasteiger partial charge is 0.265 e. The molecule has 7 rings (SSSR count). The zero-order valence-corrected chi connectivity index (χ0v) is 29.4. The van der Waals surface area contributed by atoms with Crippen molar-refractivity contribution in [1.29, 1.82) is 0 Å². The maximum atomic E-state index is 13.1. The van der Waals surface area contributed by atoms with Crippen LogP contribution >= 0.6 is 23.2 Å². The van der Waals surface area contributed by atoms with E-state index in [4.69, 9.17) is 32.7 Å². The average molecular weight is 714 g/mol. The first-order valence-corrected chi connectivity index (χ1v) is 17.3. The number of hydrogen-bond donors (Lipinski definition) is 2. The highest BCUT2D eigenvalue weighted by Crippen LogP contribution is 2.56. The van der Waals surface area contributed by atoms with Gasteiger partial charge in [-0.05, 0) is 120 Å². The van der Waals surface area contributed by atoms with Crippen LogP contribution in [-0.2, 0) is 15.0 Å². The lowest BCUT2D eigenvalue weighted by Gasteiger charge is -2.34. The van der Waals surface area contributed by atoms with Crippen LogP contribution in [0.25, 0.3) is 11.1 Å². The molecule has 0 bridgehead atoms. The molecule has 0 aromatic heterocycles. The standard InChI is InChI=1S/C43H34Cl2N2O4/c1-27(50-35-23-15-31(44)16-24-35)41(48)46-33-19-11-29(12-20-33)43(39-9-5-3-7-37(39)38-8-4-6-10-40(38)43)30-13-21-34(22-14-30)47-42(49)28(2)51-36-25-17-32(45)18-26-36/h3-28H,1-2H3,(H,46,48)(H,47,49)/t27-,28-/m1/s1. The van der Waals surface area contributed by atoms with E-state index in [-0.39, 0.29) is 11.8 Å². The van der Waals surface area contributed by atoms with Gasteiger partial charge in [0.15, 0.2) is 12.2 Å². The van der Waals surface area contributed by atoms with E-state index in [9.17, 15) is 9.59 Å². The number of ether oxygens (including phenoxy) is 2. The van der Waals surface area contributed by atoms with Gasteiger partial charge in [-0.2, -0.15) is 0 Å². The molecule has 0 fully saturated rings. The Kier molecular flexibility index (Phi) is 9.54. The maximum absolute atomic E-state index is 13.1. The highest BCUT2D eigenvalue weighted by Gasteiger charge is 2.45. The lowest BCUT2D eigenvalue weighted by molar-refractivity contribution is -0.122. The van der Waals surface area contributed by atoms with Gasteiger partial charge in [-0.1, -0.05) is 96.0 Å². The molecule has 0 spiro atoms. The second-order valence-electron chi connectivity index (χ2n) is 12.4. The Hall–Kier alpha value is -5.56. The molecule has 8 heteroatoms. The molecule has 1 aliphatic carbocycles. The summed E-state index contributed by atoms with van der Waals surface area (Å²) in [6.07, 6.45) is -1.45. The Balaban J connectivity index is 1.17. The average Bonchev–Trinajstić information content (AvgIpc) is 3.45. The van der Waals surface area contributed by atoms with Gasteiger partial charge in [0.2, 0.25) is 0 Å². The molecule has 0 saturated carbocycles. The summed E-state index contributed by atoms with van der Waals surface area (Å²) in [5.74, 6) is 0.581. The molecule has 0 aliphatic heterocycles. The number of fused-ring (bicyclic) bond motifs is 3. The van der Waals surface area contributed by atoms with Crippen molar-refractivity contribution in [3.05, 3.63) is 178 Å². The quantitative estimate of drug-likeness (QED) is 0.148. The molecule has 0 heterocycles. The second kappa shape index (κ2) is 14.4. The Morgan fingerprint density at radius 1 is 0.510 bits per heavy atom. The summed E-state index contributed by atoms with van der Waals surface area (Å²) in [6, 6.07) is 46.6. The zero-order valence-electron chi connectivity index (χ0n) is 27.9. The Morgan fingerprint density at radius 2 is 0.863 bits per heavy atom. The summed E-state index contributed by atoms with van der Waals surface area (Å²) in [6.45, 7) is 3.41. The minimum absolute atomic E-state index is 0.269. The molecule has 6 aromatic carbocycles. The van der Waals surface area contributed by atoms with Crippen LogP contribution in [0, 0.1) is 0 Å². The first kappa shape index (κ1) is 33.9. The number of halogens is 2. The molecule has 2 N–H and O–H groups in total. The number of anilines is 2. The molecule has 1 aliphatic rings. The summed E-state index contributed by atoms with van der Waals surface area (Å²) in [7, 11) is 0. The van der Waals surface area contributed by atoms with Gasteiger partial charge >= 0.3 is 0 Å². The number of carbonyl (C=O) groups is 2. The van der Waals surface area contributed by atoms with Crippen LogP contribution in [-0.4, -0.2) is 24.0 Å². The molecule has 2 amide bonds. The fraction of sp³-hybridized carbons (Fsp3) is 0.116. The molecule has 51 heavy (non-hydrogen) atoms. The number of benzene rings is 6. The van der Waals surface area contributed by atoms with Crippen molar-refractivity contribution >= 4 is 46.4 Å². The topological polar surface area (TPSA) is 76.7 Å². The largest absolute Gasteiger partial charge is 0.481 e.